The average molecular weight is 280 g/mol. The van der Waals surface area contributed by atoms with Gasteiger partial charge in [-0.1, -0.05) is 18.2 Å². The first kappa shape index (κ1) is 13.2. The zero-order valence-electron chi connectivity index (χ0n) is 11.7. The zero-order valence-corrected chi connectivity index (χ0v) is 11.7. The van der Waals surface area contributed by atoms with E-state index >= 15 is 0 Å². The number of hydrogen-bond acceptors (Lipinski definition) is 2. The fourth-order valence-electron chi connectivity index (χ4n) is 2.30. The van der Waals surface area contributed by atoms with Gasteiger partial charge in [-0.25, -0.2) is 0 Å². The van der Waals surface area contributed by atoms with E-state index < -0.39 is 0 Å². The predicted octanol–water partition coefficient (Wildman–Crippen LogP) is 3.11. The number of rotatable bonds is 3. The summed E-state index contributed by atoms with van der Waals surface area (Å²) in [7, 11) is 0. The summed E-state index contributed by atoms with van der Waals surface area (Å²) < 4.78 is 0. The number of nitrogens with one attached hydrogen (secondary N) is 2. The standard InChI is InChI=1S/C17H16N2O2/c1-11-8-13(6-7-16(11)20)17(21)18-10-14-9-12-4-2-3-5-15(12)19-14/h2-9,19-20H,10H2,1H3,(H,18,21). The van der Waals surface area contributed by atoms with Crippen LogP contribution in [0.25, 0.3) is 10.9 Å². The number of amides is 1. The van der Waals surface area contributed by atoms with Crippen LogP contribution in [0.4, 0.5) is 0 Å². The summed E-state index contributed by atoms with van der Waals surface area (Å²) in [6.07, 6.45) is 0. The number of aromatic nitrogens is 1. The molecule has 0 aliphatic heterocycles. The van der Waals surface area contributed by atoms with Crippen LogP contribution in [0, 0.1) is 6.92 Å². The van der Waals surface area contributed by atoms with Crippen molar-refractivity contribution in [3.63, 3.8) is 0 Å². The molecule has 4 nitrogen and oxygen atoms in total. The minimum absolute atomic E-state index is 0.156. The lowest BCUT2D eigenvalue weighted by Gasteiger charge is -2.05. The number of H-pyrrole nitrogens is 1. The molecule has 1 amide bonds. The number of para-hydroxylation sites is 1. The maximum atomic E-state index is 12.1. The van der Waals surface area contributed by atoms with Gasteiger partial charge in [0.2, 0.25) is 0 Å². The van der Waals surface area contributed by atoms with Crippen LogP contribution in [0.5, 0.6) is 5.75 Å². The molecule has 2 aromatic carbocycles. The second kappa shape index (κ2) is 5.32. The molecule has 3 N–H and O–H groups in total. The molecule has 0 spiro atoms. The highest BCUT2D eigenvalue weighted by molar-refractivity contribution is 5.94. The van der Waals surface area contributed by atoms with Crippen molar-refractivity contribution in [2.45, 2.75) is 13.5 Å². The van der Waals surface area contributed by atoms with Gasteiger partial charge < -0.3 is 15.4 Å². The van der Waals surface area contributed by atoms with Gasteiger partial charge in [0.1, 0.15) is 5.75 Å². The smallest absolute Gasteiger partial charge is 0.251 e. The first-order chi connectivity index (χ1) is 10.1. The monoisotopic (exact) mass is 280 g/mol. The Labute approximate surface area is 122 Å². The molecule has 0 saturated heterocycles. The molecule has 0 atom stereocenters. The van der Waals surface area contributed by atoms with Gasteiger partial charge in [-0.3, -0.25) is 4.79 Å². The number of phenols is 1. The van der Waals surface area contributed by atoms with Crippen molar-refractivity contribution < 1.29 is 9.90 Å². The number of aromatic amines is 1. The Morgan fingerprint density at radius 2 is 2.00 bits per heavy atom. The van der Waals surface area contributed by atoms with E-state index in [-0.39, 0.29) is 11.7 Å². The Hall–Kier alpha value is -2.75. The van der Waals surface area contributed by atoms with Gasteiger partial charge in [0, 0.05) is 16.8 Å². The third kappa shape index (κ3) is 2.74. The molecule has 0 saturated carbocycles. The minimum Gasteiger partial charge on any atom is -0.508 e. The Bertz CT molecular complexity index is 772. The lowest BCUT2D eigenvalue weighted by Crippen LogP contribution is -2.22. The van der Waals surface area contributed by atoms with Gasteiger partial charge in [-0.2, -0.15) is 0 Å². The summed E-state index contributed by atoms with van der Waals surface area (Å²) in [5.74, 6) is 0.0407. The van der Waals surface area contributed by atoms with Crippen molar-refractivity contribution in [3.05, 3.63) is 65.4 Å². The number of carbonyl (C=O) groups excluding carboxylic acids is 1. The highest BCUT2D eigenvalue weighted by atomic mass is 16.3. The molecule has 3 rings (SSSR count). The van der Waals surface area contributed by atoms with E-state index in [0.29, 0.717) is 17.7 Å². The van der Waals surface area contributed by atoms with Crippen molar-refractivity contribution in [2.24, 2.45) is 0 Å². The largest absolute Gasteiger partial charge is 0.508 e. The summed E-state index contributed by atoms with van der Waals surface area (Å²) in [4.78, 5) is 15.4. The third-order valence-corrected chi connectivity index (χ3v) is 3.48. The summed E-state index contributed by atoms with van der Waals surface area (Å²) in [5.41, 5.74) is 3.25. The van der Waals surface area contributed by atoms with Crippen LogP contribution >= 0.6 is 0 Å². The Morgan fingerprint density at radius 1 is 1.19 bits per heavy atom. The average Bonchev–Trinajstić information content (AvgIpc) is 2.90. The van der Waals surface area contributed by atoms with Crippen molar-refractivity contribution in [1.82, 2.24) is 10.3 Å². The van der Waals surface area contributed by atoms with Crippen LogP contribution in [0.3, 0.4) is 0 Å². The summed E-state index contributed by atoms with van der Waals surface area (Å²) in [5, 5.41) is 13.5. The molecule has 3 aromatic rings. The van der Waals surface area contributed by atoms with Crippen LogP contribution in [-0.2, 0) is 6.54 Å². The second-order valence-corrected chi connectivity index (χ2v) is 5.07. The highest BCUT2D eigenvalue weighted by Gasteiger charge is 2.08. The molecule has 0 aliphatic carbocycles. The predicted molar refractivity (Wildman–Crippen MR) is 82.3 cm³/mol. The van der Waals surface area contributed by atoms with Crippen LogP contribution in [0.15, 0.2) is 48.5 Å². The minimum atomic E-state index is -0.156. The Balaban J connectivity index is 1.71. The number of phenolic OH excluding ortho intramolecular Hbond substituents is 1. The lowest BCUT2D eigenvalue weighted by molar-refractivity contribution is 0.0950. The molecule has 21 heavy (non-hydrogen) atoms. The Kier molecular flexibility index (Phi) is 3.36. The molecular weight excluding hydrogens is 264 g/mol. The van der Waals surface area contributed by atoms with Crippen LogP contribution in [0.1, 0.15) is 21.6 Å². The van der Waals surface area contributed by atoms with Gasteiger partial charge >= 0.3 is 0 Å². The lowest BCUT2D eigenvalue weighted by atomic mass is 10.1. The van der Waals surface area contributed by atoms with Crippen molar-refractivity contribution in [2.75, 3.05) is 0 Å². The first-order valence-corrected chi connectivity index (χ1v) is 6.78. The fourth-order valence-corrected chi connectivity index (χ4v) is 2.30. The number of aromatic hydroxyl groups is 1. The highest BCUT2D eigenvalue weighted by Crippen LogP contribution is 2.17. The molecule has 0 bridgehead atoms. The van der Waals surface area contributed by atoms with Crippen molar-refractivity contribution >= 4 is 16.8 Å². The topological polar surface area (TPSA) is 65.1 Å². The molecule has 0 unspecified atom stereocenters. The van der Waals surface area contributed by atoms with Gasteiger partial charge in [0.05, 0.1) is 6.54 Å². The van der Waals surface area contributed by atoms with Gasteiger partial charge in [-0.05, 0) is 48.2 Å². The Morgan fingerprint density at radius 3 is 2.76 bits per heavy atom. The molecule has 0 fully saturated rings. The van der Waals surface area contributed by atoms with Gasteiger partial charge in [-0.15, -0.1) is 0 Å². The molecule has 1 heterocycles. The van der Waals surface area contributed by atoms with E-state index in [1.165, 1.54) is 6.07 Å². The number of carbonyl (C=O) groups is 1. The maximum absolute atomic E-state index is 12.1. The van der Waals surface area contributed by atoms with Gasteiger partial charge in [0.25, 0.3) is 5.91 Å². The fraction of sp³-hybridized carbons (Fsp3) is 0.118. The third-order valence-electron chi connectivity index (χ3n) is 3.48. The molecular formula is C17H16N2O2. The van der Waals surface area contributed by atoms with Crippen molar-refractivity contribution in [1.29, 1.82) is 0 Å². The summed E-state index contributed by atoms with van der Waals surface area (Å²) in [6, 6.07) is 14.8. The normalized spacial score (nSPS) is 10.7. The quantitative estimate of drug-likeness (QED) is 0.690. The first-order valence-electron chi connectivity index (χ1n) is 6.78. The maximum Gasteiger partial charge on any atom is 0.251 e. The zero-order chi connectivity index (χ0) is 14.8. The summed E-state index contributed by atoms with van der Waals surface area (Å²) in [6.45, 7) is 2.21. The molecule has 1 aromatic heterocycles. The van der Waals surface area contributed by atoms with E-state index in [2.05, 4.69) is 10.3 Å². The van der Waals surface area contributed by atoms with E-state index in [1.54, 1.807) is 19.1 Å². The van der Waals surface area contributed by atoms with E-state index in [9.17, 15) is 9.90 Å². The van der Waals surface area contributed by atoms with E-state index in [4.69, 9.17) is 0 Å². The SMILES string of the molecule is Cc1cc(C(=O)NCc2cc3ccccc3[nH]2)ccc1O. The van der Waals surface area contributed by atoms with Crippen LogP contribution < -0.4 is 5.32 Å². The van der Waals surface area contributed by atoms with Crippen LogP contribution in [0.2, 0.25) is 0 Å². The van der Waals surface area contributed by atoms with Crippen molar-refractivity contribution in [3.8, 4) is 5.75 Å². The molecule has 0 radical (unpaired) electrons. The number of aryl methyl sites for hydroxylation is 1. The molecule has 106 valence electrons. The summed E-state index contributed by atoms with van der Waals surface area (Å²) >= 11 is 0. The van der Waals surface area contributed by atoms with E-state index in [0.717, 1.165) is 16.6 Å². The molecule has 0 aliphatic rings. The molecule has 4 heteroatoms. The van der Waals surface area contributed by atoms with Crippen LogP contribution in [-0.4, -0.2) is 16.0 Å². The number of fused-ring (bicyclic) bond motifs is 1. The number of hydrogen-bond donors (Lipinski definition) is 3. The second-order valence-electron chi connectivity index (χ2n) is 5.07. The van der Waals surface area contributed by atoms with Gasteiger partial charge in [0.15, 0.2) is 0 Å². The number of benzene rings is 2. The van der Waals surface area contributed by atoms with E-state index in [1.807, 2.05) is 30.3 Å².